The van der Waals surface area contributed by atoms with Crippen LogP contribution >= 0.6 is 0 Å². The zero-order valence-corrected chi connectivity index (χ0v) is 11.1. The van der Waals surface area contributed by atoms with Crippen LogP contribution in [0.2, 0.25) is 0 Å². The Labute approximate surface area is 108 Å². The van der Waals surface area contributed by atoms with Crippen molar-refractivity contribution in [1.82, 2.24) is 5.32 Å². The summed E-state index contributed by atoms with van der Waals surface area (Å²) in [5.74, 6) is 0. The molecular formula is C14H19N3O. The Hall–Kier alpha value is -2.02. The topological polar surface area (TPSA) is 64.9 Å². The fraction of sp³-hybridized carbons (Fsp3) is 0.429. The summed E-state index contributed by atoms with van der Waals surface area (Å²) < 4.78 is 0. The van der Waals surface area contributed by atoms with Gasteiger partial charge < -0.3 is 10.6 Å². The minimum atomic E-state index is -0.784. The summed E-state index contributed by atoms with van der Waals surface area (Å²) in [6, 6.07) is 9.36. The van der Waals surface area contributed by atoms with Crippen molar-refractivity contribution in [3.05, 3.63) is 29.8 Å². The van der Waals surface area contributed by atoms with Crippen molar-refractivity contribution in [3.63, 3.8) is 0 Å². The van der Waals surface area contributed by atoms with Gasteiger partial charge in [-0.05, 0) is 37.5 Å². The summed E-state index contributed by atoms with van der Waals surface area (Å²) in [6.45, 7) is 5.74. The second kappa shape index (κ2) is 6.06. The monoisotopic (exact) mass is 245 g/mol. The van der Waals surface area contributed by atoms with Crippen LogP contribution in [-0.2, 0) is 0 Å². The molecule has 1 aromatic rings. The molecule has 2 N–H and O–H groups in total. The highest BCUT2D eigenvalue weighted by Gasteiger charge is 2.27. The average molecular weight is 245 g/mol. The Balaban J connectivity index is 2.70. The first-order valence-electron chi connectivity index (χ1n) is 6.12. The average Bonchev–Trinajstić information content (AvgIpc) is 2.36. The molecule has 0 unspecified atom stereocenters. The number of nitrogens with zero attached hydrogens (tertiary/aromatic N) is 1. The fourth-order valence-electron chi connectivity index (χ4n) is 1.72. The van der Waals surface area contributed by atoms with Crippen molar-refractivity contribution in [2.75, 3.05) is 5.32 Å². The zero-order chi connectivity index (χ0) is 13.6. The van der Waals surface area contributed by atoms with Gasteiger partial charge in [-0.2, -0.15) is 5.26 Å². The largest absolute Gasteiger partial charge is 0.320 e. The van der Waals surface area contributed by atoms with E-state index in [1.54, 1.807) is 0 Å². The van der Waals surface area contributed by atoms with Gasteiger partial charge in [0.2, 0.25) is 0 Å². The molecule has 0 heterocycles. The summed E-state index contributed by atoms with van der Waals surface area (Å²) in [4.78, 5) is 11.8. The van der Waals surface area contributed by atoms with Crippen LogP contribution in [0.3, 0.4) is 0 Å². The number of carbonyl (C=O) groups excluding carboxylic acids is 1. The predicted octanol–water partition coefficient (Wildman–Crippen LogP) is 3.20. The van der Waals surface area contributed by atoms with Crippen molar-refractivity contribution < 1.29 is 4.79 Å². The number of nitriles is 1. The molecule has 2 amide bonds. The van der Waals surface area contributed by atoms with Gasteiger partial charge in [-0.15, -0.1) is 0 Å². The van der Waals surface area contributed by atoms with Gasteiger partial charge >= 0.3 is 6.03 Å². The Kier molecular flexibility index (Phi) is 4.73. The van der Waals surface area contributed by atoms with E-state index in [0.29, 0.717) is 12.8 Å². The highest BCUT2D eigenvalue weighted by molar-refractivity contribution is 5.90. The predicted molar refractivity (Wildman–Crippen MR) is 72.3 cm³/mol. The maximum absolute atomic E-state index is 11.8. The minimum absolute atomic E-state index is 0.342. The number of carbonyl (C=O) groups is 1. The molecule has 0 aliphatic rings. The van der Waals surface area contributed by atoms with E-state index in [-0.39, 0.29) is 6.03 Å². The molecule has 0 atom stereocenters. The number of anilines is 1. The second-order valence-electron chi connectivity index (χ2n) is 4.35. The van der Waals surface area contributed by atoms with Gasteiger partial charge in [-0.1, -0.05) is 26.0 Å². The molecule has 0 bridgehead atoms. The molecule has 4 nitrogen and oxygen atoms in total. The summed E-state index contributed by atoms with van der Waals surface area (Å²) in [5.41, 5.74) is 1.02. The number of aryl methyl sites for hydroxylation is 1. The summed E-state index contributed by atoms with van der Waals surface area (Å²) in [7, 11) is 0. The number of rotatable bonds is 4. The number of hydrogen-bond donors (Lipinski definition) is 2. The molecule has 4 heteroatoms. The third-order valence-electron chi connectivity index (χ3n) is 3.05. The van der Waals surface area contributed by atoms with E-state index in [9.17, 15) is 4.79 Å². The van der Waals surface area contributed by atoms with Crippen molar-refractivity contribution in [2.45, 2.75) is 39.2 Å². The molecule has 0 fully saturated rings. The van der Waals surface area contributed by atoms with E-state index >= 15 is 0 Å². The first kappa shape index (κ1) is 14.0. The van der Waals surface area contributed by atoms with E-state index in [1.165, 1.54) is 0 Å². The molecule has 0 aliphatic carbocycles. The van der Waals surface area contributed by atoms with Crippen LogP contribution < -0.4 is 10.6 Å². The third kappa shape index (κ3) is 3.49. The van der Waals surface area contributed by atoms with Crippen LogP contribution in [0.1, 0.15) is 32.3 Å². The van der Waals surface area contributed by atoms with E-state index in [1.807, 2.05) is 45.0 Å². The first-order valence-corrected chi connectivity index (χ1v) is 6.12. The van der Waals surface area contributed by atoms with Gasteiger partial charge in [0.1, 0.15) is 5.54 Å². The number of benzene rings is 1. The van der Waals surface area contributed by atoms with Crippen LogP contribution in [0, 0.1) is 18.3 Å². The van der Waals surface area contributed by atoms with Gasteiger partial charge in [0.15, 0.2) is 0 Å². The molecule has 0 radical (unpaired) electrons. The smallest absolute Gasteiger partial charge is 0.319 e. The highest BCUT2D eigenvalue weighted by atomic mass is 16.2. The quantitative estimate of drug-likeness (QED) is 0.855. The number of urea groups is 1. The maximum Gasteiger partial charge on any atom is 0.320 e. The Morgan fingerprint density at radius 2 is 2.06 bits per heavy atom. The van der Waals surface area contributed by atoms with Crippen LogP contribution in [0.5, 0.6) is 0 Å². The van der Waals surface area contributed by atoms with E-state index < -0.39 is 5.54 Å². The normalized spacial score (nSPS) is 10.6. The molecule has 1 aromatic carbocycles. The van der Waals surface area contributed by atoms with Crippen LogP contribution in [0.4, 0.5) is 10.5 Å². The molecule has 1 rings (SSSR count). The van der Waals surface area contributed by atoms with E-state index in [0.717, 1.165) is 11.3 Å². The lowest BCUT2D eigenvalue weighted by molar-refractivity contribution is 0.242. The van der Waals surface area contributed by atoms with Crippen LogP contribution in [0.15, 0.2) is 24.3 Å². The van der Waals surface area contributed by atoms with Gasteiger partial charge in [0.05, 0.1) is 6.07 Å². The Morgan fingerprint density at radius 1 is 1.39 bits per heavy atom. The maximum atomic E-state index is 11.8. The van der Waals surface area contributed by atoms with E-state index in [4.69, 9.17) is 5.26 Å². The SMILES string of the molecule is CCC(C#N)(CC)NC(=O)Nc1cccc(C)c1. The molecule has 18 heavy (non-hydrogen) atoms. The molecule has 0 saturated carbocycles. The standard InChI is InChI=1S/C14H19N3O/c1-4-14(5-2,10-15)17-13(18)16-12-8-6-7-11(3)9-12/h6-9H,4-5H2,1-3H3,(H2,16,17,18). The van der Waals surface area contributed by atoms with Crippen molar-refractivity contribution in [2.24, 2.45) is 0 Å². The molecule has 0 saturated heterocycles. The lowest BCUT2D eigenvalue weighted by Gasteiger charge is -2.25. The molecule has 0 aliphatic heterocycles. The number of amides is 2. The first-order chi connectivity index (χ1) is 8.55. The van der Waals surface area contributed by atoms with Crippen molar-refractivity contribution >= 4 is 11.7 Å². The summed E-state index contributed by atoms with van der Waals surface area (Å²) in [6.07, 6.45) is 1.17. The third-order valence-corrected chi connectivity index (χ3v) is 3.05. The van der Waals surface area contributed by atoms with Gasteiger partial charge in [0, 0.05) is 5.69 Å². The van der Waals surface area contributed by atoms with Crippen LogP contribution in [0.25, 0.3) is 0 Å². The van der Waals surface area contributed by atoms with E-state index in [2.05, 4.69) is 16.7 Å². The fourth-order valence-corrected chi connectivity index (χ4v) is 1.72. The number of hydrogen-bond acceptors (Lipinski definition) is 2. The van der Waals surface area contributed by atoms with Crippen molar-refractivity contribution in [1.29, 1.82) is 5.26 Å². The highest BCUT2D eigenvalue weighted by Crippen LogP contribution is 2.15. The van der Waals surface area contributed by atoms with Crippen molar-refractivity contribution in [3.8, 4) is 6.07 Å². The molecule has 0 spiro atoms. The Bertz CT molecular complexity index is 458. The number of nitrogens with one attached hydrogen (secondary N) is 2. The van der Waals surface area contributed by atoms with Gasteiger partial charge in [-0.3, -0.25) is 0 Å². The summed E-state index contributed by atoms with van der Waals surface area (Å²) >= 11 is 0. The van der Waals surface area contributed by atoms with Crippen LogP contribution in [-0.4, -0.2) is 11.6 Å². The summed E-state index contributed by atoms with van der Waals surface area (Å²) in [5, 5.41) is 14.6. The minimum Gasteiger partial charge on any atom is -0.319 e. The Morgan fingerprint density at radius 3 is 2.56 bits per heavy atom. The molecule has 96 valence electrons. The lowest BCUT2D eigenvalue weighted by Crippen LogP contribution is -2.48. The van der Waals surface area contributed by atoms with Gasteiger partial charge in [-0.25, -0.2) is 4.79 Å². The lowest BCUT2D eigenvalue weighted by atomic mass is 9.95. The van der Waals surface area contributed by atoms with Gasteiger partial charge in [0.25, 0.3) is 0 Å². The zero-order valence-electron chi connectivity index (χ0n) is 11.1. The molecule has 0 aromatic heterocycles. The second-order valence-corrected chi connectivity index (χ2v) is 4.35. The molecular weight excluding hydrogens is 226 g/mol.